The predicted molar refractivity (Wildman–Crippen MR) is 51.8 cm³/mol. The fourth-order valence-corrected chi connectivity index (χ4v) is 1.33. The zero-order valence-corrected chi connectivity index (χ0v) is 8.57. The molecule has 0 radical (unpaired) electrons. The number of halogens is 2. The lowest BCUT2D eigenvalue weighted by Crippen LogP contribution is -2.02. The quantitative estimate of drug-likeness (QED) is 0.517. The Labute approximate surface area is 87.6 Å². The summed E-state index contributed by atoms with van der Waals surface area (Å²) in [5.41, 5.74) is -0.308. The van der Waals surface area contributed by atoms with Gasteiger partial charge in [0.15, 0.2) is 0 Å². The molecule has 0 saturated carbocycles. The highest BCUT2D eigenvalue weighted by Gasteiger charge is 2.16. The second-order valence-electron chi connectivity index (χ2n) is 2.63. The van der Waals surface area contributed by atoms with Crippen LogP contribution in [0.5, 0.6) is 0 Å². The van der Waals surface area contributed by atoms with Gasteiger partial charge in [0.05, 0.1) is 11.0 Å². The van der Waals surface area contributed by atoms with Crippen LogP contribution < -0.4 is 0 Å². The van der Waals surface area contributed by atoms with E-state index in [2.05, 4.69) is 15.9 Å². The molecule has 6 heteroatoms. The number of nitro benzene ring substituents is 1. The van der Waals surface area contributed by atoms with E-state index in [-0.39, 0.29) is 16.6 Å². The van der Waals surface area contributed by atoms with Crippen LogP contribution >= 0.6 is 15.9 Å². The Morgan fingerprint density at radius 1 is 1.64 bits per heavy atom. The SMILES string of the molecule is O=[N+]([O-])c1ccc(F)c(C(O)CBr)c1. The highest BCUT2D eigenvalue weighted by atomic mass is 79.9. The molecular formula is C8H7BrFNO3. The van der Waals surface area contributed by atoms with E-state index in [1.165, 1.54) is 0 Å². The summed E-state index contributed by atoms with van der Waals surface area (Å²) in [5.74, 6) is -0.650. The molecule has 0 spiro atoms. The van der Waals surface area contributed by atoms with Gasteiger partial charge in [0.2, 0.25) is 0 Å². The molecule has 0 aliphatic heterocycles. The monoisotopic (exact) mass is 263 g/mol. The molecule has 1 aromatic rings. The number of nitro groups is 1. The van der Waals surface area contributed by atoms with Crippen molar-refractivity contribution >= 4 is 21.6 Å². The van der Waals surface area contributed by atoms with Crippen LogP contribution in [-0.2, 0) is 0 Å². The van der Waals surface area contributed by atoms with E-state index in [0.29, 0.717) is 0 Å². The molecule has 0 aromatic heterocycles. The van der Waals surface area contributed by atoms with E-state index in [1.807, 2.05) is 0 Å². The third-order valence-electron chi connectivity index (χ3n) is 1.70. The van der Waals surface area contributed by atoms with Gasteiger partial charge in [0.25, 0.3) is 5.69 Å². The topological polar surface area (TPSA) is 63.4 Å². The van der Waals surface area contributed by atoms with Gasteiger partial charge < -0.3 is 5.11 Å². The first kappa shape index (κ1) is 11.1. The van der Waals surface area contributed by atoms with Crippen LogP contribution in [0.15, 0.2) is 18.2 Å². The van der Waals surface area contributed by atoms with Crippen LogP contribution in [0.25, 0.3) is 0 Å². The minimum Gasteiger partial charge on any atom is -0.387 e. The molecule has 0 amide bonds. The molecule has 0 bridgehead atoms. The summed E-state index contributed by atoms with van der Waals surface area (Å²) in [6, 6.07) is 3.06. The van der Waals surface area contributed by atoms with Gasteiger partial charge >= 0.3 is 0 Å². The fourth-order valence-electron chi connectivity index (χ4n) is 0.983. The van der Waals surface area contributed by atoms with Gasteiger partial charge in [-0.2, -0.15) is 0 Å². The number of aliphatic hydroxyl groups excluding tert-OH is 1. The molecule has 0 aliphatic carbocycles. The first-order valence-electron chi connectivity index (χ1n) is 3.74. The molecule has 1 aromatic carbocycles. The van der Waals surface area contributed by atoms with Gasteiger partial charge in [-0.1, -0.05) is 15.9 Å². The molecule has 1 N–H and O–H groups in total. The summed E-state index contributed by atoms with van der Waals surface area (Å²) < 4.78 is 13.1. The number of alkyl halides is 1. The lowest BCUT2D eigenvalue weighted by atomic mass is 10.1. The van der Waals surface area contributed by atoms with Gasteiger partial charge in [-0.3, -0.25) is 10.1 Å². The summed E-state index contributed by atoms with van der Waals surface area (Å²) in [7, 11) is 0. The standard InChI is InChI=1S/C8H7BrFNO3/c9-4-8(12)6-3-5(11(13)14)1-2-7(6)10/h1-3,8,12H,4H2. The highest BCUT2D eigenvalue weighted by molar-refractivity contribution is 9.09. The zero-order chi connectivity index (χ0) is 10.7. The van der Waals surface area contributed by atoms with Crippen molar-refractivity contribution in [1.29, 1.82) is 0 Å². The number of nitrogens with zero attached hydrogens (tertiary/aromatic N) is 1. The van der Waals surface area contributed by atoms with Crippen LogP contribution in [-0.4, -0.2) is 15.4 Å². The van der Waals surface area contributed by atoms with Crippen LogP contribution in [0.3, 0.4) is 0 Å². The van der Waals surface area contributed by atoms with Crippen molar-refractivity contribution in [2.24, 2.45) is 0 Å². The van der Waals surface area contributed by atoms with Gasteiger partial charge in [-0.05, 0) is 6.07 Å². The van der Waals surface area contributed by atoms with Crippen molar-refractivity contribution in [3.8, 4) is 0 Å². The van der Waals surface area contributed by atoms with E-state index < -0.39 is 16.8 Å². The Hall–Kier alpha value is -1.01. The van der Waals surface area contributed by atoms with E-state index >= 15 is 0 Å². The van der Waals surface area contributed by atoms with Crippen LogP contribution in [0.2, 0.25) is 0 Å². The smallest absolute Gasteiger partial charge is 0.270 e. The first-order chi connectivity index (χ1) is 6.56. The van der Waals surface area contributed by atoms with Gasteiger partial charge in [0.1, 0.15) is 5.82 Å². The summed E-state index contributed by atoms with van der Waals surface area (Å²) in [6.07, 6.45) is -1.07. The molecule has 1 unspecified atom stereocenters. The Morgan fingerprint density at radius 2 is 2.29 bits per heavy atom. The van der Waals surface area contributed by atoms with Crippen LogP contribution in [0.4, 0.5) is 10.1 Å². The summed E-state index contributed by atoms with van der Waals surface area (Å²) in [6.45, 7) is 0. The van der Waals surface area contributed by atoms with Gasteiger partial charge in [-0.25, -0.2) is 4.39 Å². The molecule has 0 heterocycles. The van der Waals surface area contributed by atoms with Crippen LogP contribution in [0.1, 0.15) is 11.7 Å². The molecule has 14 heavy (non-hydrogen) atoms. The summed E-state index contributed by atoms with van der Waals surface area (Å²) in [4.78, 5) is 9.73. The largest absolute Gasteiger partial charge is 0.387 e. The predicted octanol–water partition coefficient (Wildman–Crippen LogP) is 2.16. The number of benzene rings is 1. The van der Waals surface area contributed by atoms with Gasteiger partial charge in [0, 0.05) is 23.0 Å². The maximum Gasteiger partial charge on any atom is 0.270 e. The second kappa shape index (κ2) is 4.47. The number of aliphatic hydroxyl groups is 1. The Bertz CT molecular complexity index is 358. The number of hydrogen-bond donors (Lipinski definition) is 1. The lowest BCUT2D eigenvalue weighted by molar-refractivity contribution is -0.385. The molecular weight excluding hydrogens is 257 g/mol. The Kier molecular flexibility index (Phi) is 3.54. The molecule has 76 valence electrons. The third-order valence-corrected chi connectivity index (χ3v) is 2.31. The van der Waals surface area contributed by atoms with E-state index in [1.54, 1.807) is 0 Å². The van der Waals surface area contributed by atoms with Crippen molar-refractivity contribution in [2.75, 3.05) is 5.33 Å². The minimum absolute atomic E-state index is 0.0731. The molecule has 0 saturated heterocycles. The van der Waals surface area contributed by atoms with Crippen molar-refractivity contribution < 1.29 is 14.4 Å². The molecule has 1 atom stereocenters. The van der Waals surface area contributed by atoms with E-state index in [0.717, 1.165) is 18.2 Å². The van der Waals surface area contributed by atoms with E-state index in [9.17, 15) is 19.6 Å². The summed E-state index contributed by atoms with van der Waals surface area (Å²) >= 11 is 2.96. The number of rotatable bonds is 3. The minimum atomic E-state index is -1.07. The third kappa shape index (κ3) is 2.27. The van der Waals surface area contributed by atoms with Crippen molar-refractivity contribution in [1.82, 2.24) is 0 Å². The Morgan fingerprint density at radius 3 is 2.79 bits per heavy atom. The van der Waals surface area contributed by atoms with Crippen molar-refractivity contribution in [3.63, 3.8) is 0 Å². The number of non-ortho nitro benzene ring substituents is 1. The second-order valence-corrected chi connectivity index (χ2v) is 3.28. The van der Waals surface area contributed by atoms with Crippen molar-refractivity contribution in [3.05, 3.63) is 39.7 Å². The maximum absolute atomic E-state index is 13.1. The van der Waals surface area contributed by atoms with Crippen LogP contribution in [0, 0.1) is 15.9 Å². The summed E-state index contributed by atoms with van der Waals surface area (Å²) in [5, 5.41) is 19.8. The number of hydrogen-bond acceptors (Lipinski definition) is 3. The Balaban J connectivity index is 3.14. The zero-order valence-electron chi connectivity index (χ0n) is 6.98. The average molecular weight is 264 g/mol. The van der Waals surface area contributed by atoms with Crippen molar-refractivity contribution in [2.45, 2.75) is 6.10 Å². The fraction of sp³-hybridized carbons (Fsp3) is 0.250. The molecule has 0 fully saturated rings. The molecule has 4 nitrogen and oxygen atoms in total. The van der Waals surface area contributed by atoms with E-state index in [4.69, 9.17) is 0 Å². The highest BCUT2D eigenvalue weighted by Crippen LogP contribution is 2.23. The first-order valence-corrected chi connectivity index (χ1v) is 4.86. The van der Waals surface area contributed by atoms with Gasteiger partial charge in [-0.15, -0.1) is 0 Å². The maximum atomic E-state index is 13.1. The normalized spacial score (nSPS) is 12.5. The lowest BCUT2D eigenvalue weighted by Gasteiger charge is -2.07. The molecule has 0 aliphatic rings. The average Bonchev–Trinajstić information content (AvgIpc) is 2.17. The molecule has 1 rings (SSSR count).